The zero-order valence-electron chi connectivity index (χ0n) is 15.7. The normalized spacial score (nSPS) is 19.6. The Morgan fingerprint density at radius 1 is 1.14 bits per heavy atom. The van der Waals surface area contributed by atoms with Gasteiger partial charge in [0.15, 0.2) is 0 Å². The lowest BCUT2D eigenvalue weighted by atomic mass is 10.0. The molecule has 1 aromatic carbocycles. The molecule has 1 saturated heterocycles. The summed E-state index contributed by atoms with van der Waals surface area (Å²) in [5.74, 6) is 1.37. The van der Waals surface area contributed by atoms with Crippen LogP contribution < -0.4 is 10.2 Å². The molecule has 0 bridgehead atoms. The number of fused-ring (bicyclic) bond motifs is 1. The van der Waals surface area contributed by atoms with E-state index < -0.39 is 0 Å². The average molecular weight is 373 g/mol. The first kappa shape index (κ1) is 17.1. The second-order valence-corrected chi connectivity index (χ2v) is 7.71. The van der Waals surface area contributed by atoms with Crippen molar-refractivity contribution in [2.45, 2.75) is 37.6 Å². The van der Waals surface area contributed by atoms with Gasteiger partial charge in [-0.15, -0.1) is 0 Å². The number of nitrogens with one attached hydrogen (secondary N) is 1. The molecule has 1 aliphatic carbocycles. The highest BCUT2D eigenvalue weighted by atomic mass is 16.1. The number of amides is 1. The minimum absolute atomic E-state index is 0.00787. The highest BCUT2D eigenvalue weighted by molar-refractivity contribution is 6.06. The molecule has 3 heterocycles. The molecular formula is C22H23N5O. The van der Waals surface area contributed by atoms with Crippen molar-refractivity contribution in [1.29, 1.82) is 0 Å². The van der Waals surface area contributed by atoms with E-state index in [2.05, 4.69) is 20.2 Å². The molecule has 6 nitrogen and oxygen atoms in total. The van der Waals surface area contributed by atoms with Gasteiger partial charge in [-0.05, 0) is 37.8 Å². The molecule has 28 heavy (non-hydrogen) atoms. The van der Waals surface area contributed by atoms with Crippen LogP contribution >= 0.6 is 0 Å². The summed E-state index contributed by atoms with van der Waals surface area (Å²) in [6.45, 7) is 1.69. The van der Waals surface area contributed by atoms with E-state index in [4.69, 9.17) is 4.98 Å². The summed E-state index contributed by atoms with van der Waals surface area (Å²) in [7, 11) is 0. The largest absolute Gasteiger partial charge is 0.353 e. The molecule has 1 N–H and O–H groups in total. The lowest BCUT2D eigenvalue weighted by Gasteiger charge is -2.33. The van der Waals surface area contributed by atoms with Crippen molar-refractivity contribution in [3.8, 4) is 0 Å². The zero-order valence-corrected chi connectivity index (χ0v) is 15.7. The Hall–Kier alpha value is -3.02. The maximum absolute atomic E-state index is 13.2. The first-order valence-corrected chi connectivity index (χ1v) is 9.99. The van der Waals surface area contributed by atoms with Crippen LogP contribution in [0, 0.1) is 0 Å². The predicted molar refractivity (Wildman–Crippen MR) is 108 cm³/mol. The smallest absolute Gasteiger partial charge is 0.252 e. The summed E-state index contributed by atoms with van der Waals surface area (Å²) in [6, 6.07) is 10.0. The van der Waals surface area contributed by atoms with Gasteiger partial charge in [-0.1, -0.05) is 18.2 Å². The van der Waals surface area contributed by atoms with Crippen molar-refractivity contribution in [2.75, 3.05) is 18.0 Å². The third-order valence-corrected chi connectivity index (χ3v) is 5.61. The lowest BCUT2D eigenvalue weighted by molar-refractivity contribution is 0.0934. The topological polar surface area (TPSA) is 71.0 Å². The third kappa shape index (κ3) is 3.42. The molecule has 0 spiro atoms. The number of carbonyl (C=O) groups excluding carboxylic acids is 1. The lowest BCUT2D eigenvalue weighted by Crippen LogP contribution is -2.48. The third-order valence-electron chi connectivity index (χ3n) is 5.61. The van der Waals surface area contributed by atoms with Gasteiger partial charge in [0.2, 0.25) is 0 Å². The molecule has 6 heteroatoms. The molecule has 1 atom stereocenters. The van der Waals surface area contributed by atoms with Crippen LogP contribution in [0.1, 0.15) is 47.7 Å². The van der Waals surface area contributed by atoms with Crippen molar-refractivity contribution >= 4 is 22.6 Å². The average Bonchev–Trinajstić information content (AvgIpc) is 3.59. The standard InChI is InChI=1S/C22H23N5O/c28-22(25-16-4-3-11-27(14-16)21-13-23-9-10-24-21)18-12-20(15-7-8-15)26-19-6-2-1-5-17(18)19/h1-2,5-6,9-10,12-13,15-16H,3-4,7-8,11,14H2,(H,25,28)/t16-/m1/s1. The highest BCUT2D eigenvalue weighted by Gasteiger charge is 2.28. The number of benzene rings is 1. The van der Waals surface area contributed by atoms with Gasteiger partial charge in [0, 0.05) is 48.5 Å². The van der Waals surface area contributed by atoms with Crippen LogP contribution in [0.4, 0.5) is 5.82 Å². The predicted octanol–water partition coefficient (Wildman–Crippen LogP) is 3.30. The number of nitrogens with zero attached hydrogens (tertiary/aromatic N) is 4. The zero-order chi connectivity index (χ0) is 18.9. The van der Waals surface area contributed by atoms with Crippen LogP contribution in [0.2, 0.25) is 0 Å². The summed E-state index contributed by atoms with van der Waals surface area (Å²) in [5.41, 5.74) is 2.69. The van der Waals surface area contributed by atoms with Gasteiger partial charge >= 0.3 is 0 Å². The van der Waals surface area contributed by atoms with E-state index in [9.17, 15) is 4.79 Å². The second-order valence-electron chi connectivity index (χ2n) is 7.71. The van der Waals surface area contributed by atoms with Crippen molar-refractivity contribution < 1.29 is 4.79 Å². The fourth-order valence-electron chi connectivity index (χ4n) is 3.99. The Morgan fingerprint density at radius 2 is 2.04 bits per heavy atom. The number of aromatic nitrogens is 3. The number of piperidine rings is 1. The van der Waals surface area contributed by atoms with E-state index in [1.54, 1.807) is 18.6 Å². The highest BCUT2D eigenvalue weighted by Crippen LogP contribution is 2.40. The van der Waals surface area contributed by atoms with Gasteiger partial charge in [-0.25, -0.2) is 4.98 Å². The SMILES string of the molecule is O=C(N[C@@H]1CCCN(c2cnccn2)C1)c1cc(C2CC2)nc2ccccc12. The second kappa shape index (κ2) is 7.19. The summed E-state index contributed by atoms with van der Waals surface area (Å²) in [5, 5.41) is 4.18. The quantitative estimate of drug-likeness (QED) is 0.760. The maximum Gasteiger partial charge on any atom is 0.252 e. The number of rotatable bonds is 4. The van der Waals surface area contributed by atoms with E-state index in [0.29, 0.717) is 5.92 Å². The Labute approximate surface area is 164 Å². The number of para-hydroxylation sites is 1. The minimum atomic E-state index is -0.00787. The number of anilines is 1. The van der Waals surface area contributed by atoms with Gasteiger partial charge < -0.3 is 10.2 Å². The molecule has 1 saturated carbocycles. The molecule has 1 aliphatic heterocycles. The Balaban J connectivity index is 1.38. The molecule has 142 valence electrons. The molecule has 0 radical (unpaired) electrons. The van der Waals surface area contributed by atoms with Crippen molar-refractivity contribution in [1.82, 2.24) is 20.3 Å². The van der Waals surface area contributed by atoms with E-state index in [1.807, 2.05) is 30.3 Å². The molecular weight excluding hydrogens is 350 g/mol. The molecule has 1 amide bonds. The van der Waals surface area contributed by atoms with Gasteiger partial charge in [-0.3, -0.25) is 14.8 Å². The van der Waals surface area contributed by atoms with E-state index in [1.165, 1.54) is 12.8 Å². The van der Waals surface area contributed by atoms with Gasteiger partial charge in [-0.2, -0.15) is 0 Å². The fourth-order valence-corrected chi connectivity index (χ4v) is 3.99. The number of pyridine rings is 1. The van der Waals surface area contributed by atoms with Crippen LogP contribution in [0.3, 0.4) is 0 Å². The van der Waals surface area contributed by atoms with Gasteiger partial charge in [0.25, 0.3) is 5.91 Å². The molecule has 0 unspecified atom stereocenters. The van der Waals surface area contributed by atoms with Crippen LogP contribution in [-0.4, -0.2) is 40.0 Å². The molecule has 5 rings (SSSR count). The van der Waals surface area contributed by atoms with E-state index in [0.717, 1.165) is 53.9 Å². The number of hydrogen-bond acceptors (Lipinski definition) is 5. The Bertz CT molecular complexity index is 1000. The van der Waals surface area contributed by atoms with Crippen LogP contribution in [0.15, 0.2) is 48.9 Å². The summed E-state index contributed by atoms with van der Waals surface area (Å²) in [6.07, 6.45) is 9.50. The van der Waals surface area contributed by atoms with Crippen molar-refractivity contribution in [2.24, 2.45) is 0 Å². The molecule has 2 fully saturated rings. The van der Waals surface area contributed by atoms with Gasteiger partial charge in [0.05, 0.1) is 17.3 Å². The Kier molecular flexibility index (Phi) is 4.39. The minimum Gasteiger partial charge on any atom is -0.353 e. The van der Waals surface area contributed by atoms with Crippen LogP contribution in [0.5, 0.6) is 0 Å². The van der Waals surface area contributed by atoms with Crippen molar-refractivity contribution in [3.05, 3.63) is 60.2 Å². The molecule has 2 aromatic heterocycles. The first-order valence-electron chi connectivity index (χ1n) is 9.99. The summed E-state index contributed by atoms with van der Waals surface area (Å²) in [4.78, 5) is 28.7. The van der Waals surface area contributed by atoms with E-state index in [-0.39, 0.29) is 11.9 Å². The van der Waals surface area contributed by atoms with Crippen LogP contribution in [0.25, 0.3) is 10.9 Å². The van der Waals surface area contributed by atoms with Crippen molar-refractivity contribution in [3.63, 3.8) is 0 Å². The van der Waals surface area contributed by atoms with Gasteiger partial charge in [0.1, 0.15) is 5.82 Å². The number of hydrogen-bond donors (Lipinski definition) is 1. The first-order chi connectivity index (χ1) is 13.8. The summed E-state index contributed by atoms with van der Waals surface area (Å²) >= 11 is 0. The van der Waals surface area contributed by atoms with E-state index >= 15 is 0 Å². The van der Waals surface area contributed by atoms with Crippen LogP contribution in [-0.2, 0) is 0 Å². The maximum atomic E-state index is 13.2. The monoisotopic (exact) mass is 373 g/mol. The molecule has 3 aromatic rings. The Morgan fingerprint density at radius 3 is 2.86 bits per heavy atom. The molecule has 2 aliphatic rings. The summed E-state index contributed by atoms with van der Waals surface area (Å²) < 4.78 is 0. The fraction of sp³-hybridized carbons (Fsp3) is 0.364. The number of carbonyl (C=O) groups is 1.